The Hall–Kier alpha value is -2.27. The van der Waals surface area contributed by atoms with Gasteiger partial charge in [0.05, 0.1) is 17.6 Å². The predicted octanol–water partition coefficient (Wildman–Crippen LogP) is -0.938. The summed E-state index contributed by atoms with van der Waals surface area (Å²) in [5.41, 5.74) is 7.63. The molecule has 10 nitrogen and oxygen atoms in total. The molecule has 0 bridgehead atoms. The van der Waals surface area contributed by atoms with Crippen LogP contribution in [0.1, 0.15) is 25.5 Å². The summed E-state index contributed by atoms with van der Waals surface area (Å²) in [4.78, 5) is 23.3. The minimum absolute atomic E-state index is 0.0576. The number of carbonyl (C=O) groups excluding carboxylic acids is 1. The third-order valence-corrected chi connectivity index (χ3v) is 4.99. The molecule has 3 heterocycles. The van der Waals surface area contributed by atoms with Crippen molar-refractivity contribution in [1.82, 2.24) is 25.6 Å². The number of ether oxygens (including phenoxy) is 1. The van der Waals surface area contributed by atoms with Crippen molar-refractivity contribution in [3.63, 3.8) is 0 Å². The number of aliphatic hydroxyl groups is 2. The third kappa shape index (κ3) is 3.61. The van der Waals surface area contributed by atoms with Gasteiger partial charge in [0.25, 0.3) is 0 Å². The van der Waals surface area contributed by atoms with Gasteiger partial charge in [-0.3, -0.25) is 10.1 Å². The number of nitrogen functional groups attached to an aromatic ring is 1. The van der Waals surface area contributed by atoms with E-state index in [9.17, 15) is 15.0 Å². The Bertz CT molecular complexity index is 810. The zero-order chi connectivity index (χ0) is 19.7. The Morgan fingerprint density at radius 1 is 1.37 bits per heavy atom. The molecule has 10 heteroatoms. The maximum atomic E-state index is 12.2. The Morgan fingerprint density at radius 2 is 2.11 bits per heavy atom. The van der Waals surface area contributed by atoms with Crippen molar-refractivity contribution in [2.24, 2.45) is 5.92 Å². The molecule has 1 aliphatic heterocycles. The zero-order valence-corrected chi connectivity index (χ0v) is 15.5. The van der Waals surface area contributed by atoms with Gasteiger partial charge in [-0.2, -0.15) is 0 Å². The lowest BCUT2D eigenvalue weighted by molar-refractivity contribution is -0.148. The van der Waals surface area contributed by atoms with Crippen molar-refractivity contribution < 1.29 is 19.7 Å². The van der Waals surface area contributed by atoms with E-state index in [-0.39, 0.29) is 12.5 Å². The fraction of sp³-hybridized carbons (Fsp3) is 0.588. The van der Waals surface area contributed by atoms with Gasteiger partial charge in [0, 0.05) is 11.8 Å². The van der Waals surface area contributed by atoms with Crippen LogP contribution in [0, 0.1) is 5.92 Å². The lowest BCUT2D eigenvalue weighted by Gasteiger charge is -2.21. The fourth-order valence-electron chi connectivity index (χ4n) is 3.48. The number of nitrogens with two attached hydrogens (primary N) is 1. The van der Waals surface area contributed by atoms with Gasteiger partial charge in [-0.15, -0.1) is 0 Å². The number of aliphatic hydroxyl groups excluding tert-OH is 2. The van der Waals surface area contributed by atoms with E-state index in [0.717, 1.165) is 0 Å². The number of likely N-dealkylation sites (N-methyl/N-ethyl adjacent to an activating group) is 1. The standard InChI is InChI=1S/C17H26N6O4/c1-7(2)10(19-3)17(26)27-5-9-14(24)15(25)12(23-9)8-4-20-13-11(8)21-6-22-16(13)18/h4,6-7,9-10,12,14-15,19-20,23-25H,5H2,1-3H3,(H2,18,21,22). The van der Waals surface area contributed by atoms with Gasteiger partial charge < -0.3 is 31.0 Å². The first-order valence-electron chi connectivity index (χ1n) is 8.88. The molecule has 0 amide bonds. The third-order valence-electron chi connectivity index (χ3n) is 4.99. The zero-order valence-electron chi connectivity index (χ0n) is 15.5. The highest BCUT2D eigenvalue weighted by Crippen LogP contribution is 2.32. The summed E-state index contributed by atoms with van der Waals surface area (Å²) in [6, 6.07) is -1.63. The highest BCUT2D eigenvalue weighted by molar-refractivity contribution is 5.87. The Morgan fingerprint density at radius 3 is 2.78 bits per heavy atom. The van der Waals surface area contributed by atoms with Crippen LogP contribution in [0.15, 0.2) is 12.5 Å². The number of aromatic nitrogens is 3. The lowest BCUT2D eigenvalue weighted by atomic mass is 10.0. The predicted molar refractivity (Wildman–Crippen MR) is 98.6 cm³/mol. The fourth-order valence-corrected chi connectivity index (χ4v) is 3.48. The van der Waals surface area contributed by atoms with Gasteiger partial charge >= 0.3 is 5.97 Å². The normalized spacial score (nSPS) is 26.6. The highest BCUT2D eigenvalue weighted by atomic mass is 16.5. The van der Waals surface area contributed by atoms with E-state index in [1.165, 1.54) is 6.33 Å². The SMILES string of the molecule is CNC(C(=O)OCC1NC(c2c[nH]c3c(N)ncnc23)C(O)C1O)C(C)C. The van der Waals surface area contributed by atoms with E-state index >= 15 is 0 Å². The first kappa shape index (κ1) is 19.5. The van der Waals surface area contributed by atoms with Crippen LogP contribution >= 0.6 is 0 Å². The van der Waals surface area contributed by atoms with Crippen LogP contribution in [0.3, 0.4) is 0 Å². The molecule has 148 valence electrons. The molecule has 27 heavy (non-hydrogen) atoms. The van der Waals surface area contributed by atoms with Crippen LogP contribution < -0.4 is 16.4 Å². The number of nitrogens with one attached hydrogen (secondary N) is 3. The quantitative estimate of drug-likeness (QED) is 0.349. The number of hydrogen-bond donors (Lipinski definition) is 6. The molecule has 3 rings (SSSR count). The Kier molecular flexibility index (Phi) is 5.61. The van der Waals surface area contributed by atoms with Crippen LogP contribution in [0.4, 0.5) is 5.82 Å². The molecule has 0 spiro atoms. The lowest BCUT2D eigenvalue weighted by Crippen LogP contribution is -2.43. The largest absolute Gasteiger partial charge is 0.463 e. The first-order valence-corrected chi connectivity index (χ1v) is 8.88. The number of esters is 1. The second-order valence-corrected chi connectivity index (χ2v) is 7.10. The molecule has 1 aliphatic rings. The van der Waals surface area contributed by atoms with E-state index in [2.05, 4.69) is 25.6 Å². The molecule has 0 radical (unpaired) electrons. The molecule has 0 aromatic carbocycles. The van der Waals surface area contributed by atoms with Crippen LogP contribution in [-0.4, -0.2) is 69.1 Å². The Labute approximate surface area is 156 Å². The van der Waals surface area contributed by atoms with Gasteiger partial charge in [0.2, 0.25) is 0 Å². The van der Waals surface area contributed by atoms with E-state index in [0.29, 0.717) is 22.4 Å². The van der Waals surface area contributed by atoms with Crippen LogP contribution in [0.2, 0.25) is 0 Å². The second-order valence-electron chi connectivity index (χ2n) is 7.10. The van der Waals surface area contributed by atoms with Crippen LogP contribution in [0.25, 0.3) is 11.0 Å². The summed E-state index contributed by atoms with van der Waals surface area (Å²) < 4.78 is 5.34. The van der Waals surface area contributed by atoms with Crippen LogP contribution in [0.5, 0.6) is 0 Å². The second kappa shape index (κ2) is 7.77. The topological polar surface area (TPSA) is 158 Å². The minimum Gasteiger partial charge on any atom is -0.463 e. The number of carbonyl (C=O) groups is 1. The molecular weight excluding hydrogens is 352 g/mol. The molecule has 2 aromatic heterocycles. The molecule has 1 fully saturated rings. The van der Waals surface area contributed by atoms with Gasteiger partial charge in [-0.1, -0.05) is 13.8 Å². The summed E-state index contributed by atoms with van der Waals surface area (Å²) in [6.45, 7) is 3.77. The number of nitrogens with zero attached hydrogens (tertiary/aromatic N) is 2. The van der Waals surface area contributed by atoms with Gasteiger partial charge in [-0.25, -0.2) is 9.97 Å². The minimum atomic E-state index is -1.10. The summed E-state index contributed by atoms with van der Waals surface area (Å²) in [5.74, 6) is -0.0257. The summed E-state index contributed by atoms with van der Waals surface area (Å²) in [5, 5.41) is 26.9. The average Bonchev–Trinajstić information content (AvgIpc) is 3.17. The molecule has 0 aliphatic carbocycles. The molecule has 7 N–H and O–H groups in total. The van der Waals surface area contributed by atoms with E-state index in [1.54, 1.807) is 13.2 Å². The van der Waals surface area contributed by atoms with E-state index in [1.807, 2.05) is 13.8 Å². The number of rotatable bonds is 6. The summed E-state index contributed by atoms with van der Waals surface area (Å²) in [6.07, 6.45) is 0.830. The molecular formula is C17H26N6O4. The van der Waals surface area contributed by atoms with E-state index < -0.39 is 36.3 Å². The number of H-pyrrole nitrogens is 1. The highest BCUT2D eigenvalue weighted by Gasteiger charge is 2.43. The van der Waals surface area contributed by atoms with E-state index in [4.69, 9.17) is 10.5 Å². The average molecular weight is 378 g/mol. The molecule has 5 unspecified atom stereocenters. The Balaban J connectivity index is 1.72. The number of aromatic amines is 1. The number of anilines is 1. The van der Waals surface area contributed by atoms with Gasteiger partial charge in [0.1, 0.15) is 36.7 Å². The number of hydrogen-bond acceptors (Lipinski definition) is 9. The molecule has 1 saturated heterocycles. The summed E-state index contributed by atoms with van der Waals surface area (Å²) in [7, 11) is 1.69. The smallest absolute Gasteiger partial charge is 0.323 e. The summed E-state index contributed by atoms with van der Waals surface area (Å²) >= 11 is 0. The van der Waals surface area contributed by atoms with Crippen molar-refractivity contribution in [3.05, 3.63) is 18.1 Å². The van der Waals surface area contributed by atoms with Gasteiger partial charge in [-0.05, 0) is 13.0 Å². The van der Waals surface area contributed by atoms with Crippen molar-refractivity contribution in [3.8, 4) is 0 Å². The molecule has 2 aromatic rings. The first-order chi connectivity index (χ1) is 12.8. The van der Waals surface area contributed by atoms with Gasteiger partial charge in [0.15, 0.2) is 5.82 Å². The maximum absolute atomic E-state index is 12.2. The molecule has 5 atom stereocenters. The van der Waals surface area contributed by atoms with Crippen molar-refractivity contribution in [2.45, 2.75) is 44.2 Å². The van der Waals surface area contributed by atoms with Crippen LogP contribution in [-0.2, 0) is 9.53 Å². The monoisotopic (exact) mass is 378 g/mol. The maximum Gasteiger partial charge on any atom is 0.323 e. The van der Waals surface area contributed by atoms with Crippen molar-refractivity contribution >= 4 is 22.8 Å². The number of fused-ring (bicyclic) bond motifs is 1. The molecule has 0 saturated carbocycles. The van der Waals surface area contributed by atoms with Crippen molar-refractivity contribution in [2.75, 3.05) is 19.4 Å². The van der Waals surface area contributed by atoms with Crippen molar-refractivity contribution in [1.29, 1.82) is 0 Å².